The van der Waals surface area contributed by atoms with Gasteiger partial charge in [0.25, 0.3) is 0 Å². The fourth-order valence-corrected chi connectivity index (χ4v) is 4.08. The van der Waals surface area contributed by atoms with Crippen molar-refractivity contribution >= 4 is 6.03 Å². The highest BCUT2D eigenvalue weighted by atomic mass is 19.1. The zero-order chi connectivity index (χ0) is 19.1. The zero-order valence-electron chi connectivity index (χ0n) is 15.8. The van der Waals surface area contributed by atoms with Crippen LogP contribution in [-0.2, 0) is 11.3 Å². The Balaban J connectivity index is 1.36. The van der Waals surface area contributed by atoms with Gasteiger partial charge >= 0.3 is 6.03 Å². The minimum atomic E-state index is -0.569. The average molecular weight is 380 g/mol. The van der Waals surface area contributed by atoms with Crippen molar-refractivity contribution in [2.45, 2.75) is 89.0 Å². The van der Waals surface area contributed by atoms with Crippen molar-refractivity contribution in [2.75, 3.05) is 0 Å². The molecule has 0 atom stereocenters. The van der Waals surface area contributed by atoms with Crippen LogP contribution in [0, 0.1) is 11.6 Å². The number of nitrogens with one attached hydrogen (secondary N) is 2. The van der Waals surface area contributed by atoms with E-state index in [1.54, 1.807) is 0 Å². The van der Waals surface area contributed by atoms with Gasteiger partial charge in [-0.15, -0.1) is 0 Å². The number of hydrogen-bond acceptors (Lipinski definition) is 2. The summed E-state index contributed by atoms with van der Waals surface area (Å²) in [5.41, 5.74) is -0.0134. The summed E-state index contributed by atoms with van der Waals surface area (Å²) >= 11 is 0. The quantitative estimate of drug-likeness (QED) is 0.720. The van der Waals surface area contributed by atoms with E-state index in [0.717, 1.165) is 38.5 Å². The summed E-state index contributed by atoms with van der Waals surface area (Å²) < 4.78 is 33.0. The first kappa shape index (κ1) is 20.1. The van der Waals surface area contributed by atoms with Crippen LogP contribution in [0.3, 0.4) is 0 Å². The predicted molar refractivity (Wildman–Crippen MR) is 100 cm³/mol. The van der Waals surface area contributed by atoms with Gasteiger partial charge in [0.05, 0.1) is 12.7 Å². The molecule has 0 aliphatic heterocycles. The molecule has 150 valence electrons. The first-order valence-corrected chi connectivity index (χ1v) is 10.2. The Hall–Kier alpha value is -1.69. The molecule has 0 saturated heterocycles. The van der Waals surface area contributed by atoms with Gasteiger partial charge in [0.1, 0.15) is 11.6 Å². The molecule has 0 heterocycles. The summed E-state index contributed by atoms with van der Waals surface area (Å²) in [6, 6.07) is 4.21. The lowest BCUT2D eigenvalue weighted by atomic mass is 9.93. The molecule has 3 rings (SSSR count). The van der Waals surface area contributed by atoms with E-state index in [1.165, 1.54) is 43.9 Å². The van der Waals surface area contributed by atoms with Crippen molar-refractivity contribution in [1.29, 1.82) is 0 Å². The monoisotopic (exact) mass is 380 g/mol. The molecule has 2 aliphatic carbocycles. The van der Waals surface area contributed by atoms with Crippen LogP contribution in [0.1, 0.15) is 69.8 Å². The second-order valence-corrected chi connectivity index (χ2v) is 7.79. The van der Waals surface area contributed by atoms with E-state index in [0.29, 0.717) is 6.04 Å². The van der Waals surface area contributed by atoms with Crippen LogP contribution < -0.4 is 10.6 Å². The lowest BCUT2D eigenvalue weighted by Gasteiger charge is -2.30. The number of hydrogen-bond donors (Lipinski definition) is 2. The maximum Gasteiger partial charge on any atom is 0.315 e. The van der Waals surface area contributed by atoms with Crippen molar-refractivity contribution in [2.24, 2.45) is 0 Å². The summed E-state index contributed by atoms with van der Waals surface area (Å²) in [5, 5.41) is 6.19. The molecule has 4 nitrogen and oxygen atoms in total. The second-order valence-electron chi connectivity index (χ2n) is 7.79. The average Bonchev–Trinajstić information content (AvgIpc) is 2.91. The smallest absolute Gasteiger partial charge is 0.315 e. The maximum absolute atomic E-state index is 13.7. The fourth-order valence-electron chi connectivity index (χ4n) is 4.08. The maximum atomic E-state index is 13.7. The van der Waals surface area contributed by atoms with Crippen molar-refractivity contribution in [3.8, 4) is 0 Å². The summed E-state index contributed by atoms with van der Waals surface area (Å²) in [6.45, 7) is -0.0521. The molecule has 6 heteroatoms. The molecule has 0 bridgehead atoms. The van der Waals surface area contributed by atoms with Crippen LogP contribution in [0.25, 0.3) is 0 Å². The predicted octanol–water partition coefficient (Wildman–Crippen LogP) is 4.81. The minimum absolute atomic E-state index is 0.0134. The van der Waals surface area contributed by atoms with E-state index in [2.05, 4.69) is 10.6 Å². The number of amides is 2. The van der Waals surface area contributed by atoms with Crippen molar-refractivity contribution < 1.29 is 18.3 Å². The molecule has 1 aromatic carbocycles. The zero-order valence-corrected chi connectivity index (χ0v) is 15.8. The number of carbonyl (C=O) groups excluding carboxylic acids is 1. The molecule has 2 amide bonds. The Kier molecular flexibility index (Phi) is 7.44. The lowest BCUT2D eigenvalue weighted by Crippen LogP contribution is -2.47. The van der Waals surface area contributed by atoms with Crippen LogP contribution in [0.15, 0.2) is 18.2 Å². The number of halogens is 2. The van der Waals surface area contributed by atoms with Crippen LogP contribution in [0.4, 0.5) is 13.6 Å². The van der Waals surface area contributed by atoms with Gasteiger partial charge in [-0.25, -0.2) is 13.6 Å². The van der Waals surface area contributed by atoms with E-state index in [-0.39, 0.29) is 30.3 Å². The third-order valence-corrected chi connectivity index (χ3v) is 5.72. The van der Waals surface area contributed by atoms with Gasteiger partial charge in [-0.2, -0.15) is 0 Å². The van der Waals surface area contributed by atoms with Gasteiger partial charge in [-0.05, 0) is 50.7 Å². The van der Waals surface area contributed by atoms with Crippen LogP contribution in [0.2, 0.25) is 0 Å². The van der Waals surface area contributed by atoms with E-state index in [9.17, 15) is 13.6 Å². The molecule has 0 aromatic heterocycles. The molecule has 2 aliphatic rings. The van der Waals surface area contributed by atoms with Gasteiger partial charge in [0.2, 0.25) is 0 Å². The van der Waals surface area contributed by atoms with Crippen LogP contribution in [-0.4, -0.2) is 24.2 Å². The summed E-state index contributed by atoms with van der Waals surface area (Å²) in [5.74, 6) is -1.14. The van der Waals surface area contributed by atoms with Gasteiger partial charge in [0.15, 0.2) is 0 Å². The Morgan fingerprint density at radius 3 is 2.04 bits per heavy atom. The van der Waals surface area contributed by atoms with Gasteiger partial charge in [-0.1, -0.05) is 31.7 Å². The SMILES string of the molecule is O=C(NC1CCCCCC1)N[C@H]1CC[C@H](OCc2c(F)cccc2F)CC1. The molecule has 27 heavy (non-hydrogen) atoms. The Morgan fingerprint density at radius 2 is 1.44 bits per heavy atom. The molecule has 2 fully saturated rings. The van der Waals surface area contributed by atoms with Crippen LogP contribution >= 0.6 is 0 Å². The lowest BCUT2D eigenvalue weighted by molar-refractivity contribution is 0.00950. The Morgan fingerprint density at radius 1 is 0.889 bits per heavy atom. The molecular weight excluding hydrogens is 350 g/mol. The number of ether oxygens (including phenoxy) is 1. The third-order valence-electron chi connectivity index (χ3n) is 5.72. The Labute approximate surface area is 160 Å². The number of urea groups is 1. The molecule has 0 spiro atoms. The topological polar surface area (TPSA) is 50.4 Å². The van der Waals surface area contributed by atoms with Crippen LogP contribution in [0.5, 0.6) is 0 Å². The normalized spacial score (nSPS) is 24.2. The van der Waals surface area contributed by atoms with Gasteiger partial charge in [-0.3, -0.25) is 0 Å². The largest absolute Gasteiger partial charge is 0.373 e. The molecular formula is C21H30F2N2O2. The Bertz CT molecular complexity index is 590. The number of rotatable bonds is 5. The molecule has 2 N–H and O–H groups in total. The van der Waals surface area contributed by atoms with Gasteiger partial charge < -0.3 is 15.4 Å². The molecule has 0 unspecified atom stereocenters. The van der Waals surface area contributed by atoms with Gasteiger partial charge in [0, 0.05) is 17.6 Å². The van der Waals surface area contributed by atoms with E-state index in [1.807, 2.05) is 0 Å². The first-order chi connectivity index (χ1) is 13.1. The summed E-state index contributed by atoms with van der Waals surface area (Å²) in [7, 11) is 0. The van der Waals surface area contributed by atoms with Crippen molar-refractivity contribution in [3.63, 3.8) is 0 Å². The van der Waals surface area contributed by atoms with Crippen molar-refractivity contribution in [1.82, 2.24) is 10.6 Å². The second kappa shape index (κ2) is 10.0. The highest BCUT2D eigenvalue weighted by Crippen LogP contribution is 2.24. The standard InChI is InChI=1S/C21H30F2N2O2/c22-19-8-5-9-20(23)18(19)14-27-17-12-10-16(11-13-17)25-21(26)24-15-6-3-1-2-4-7-15/h5,8-9,15-17H,1-4,6-7,10-14H2,(H2,24,25,26)/t16-,17-. The van der Waals surface area contributed by atoms with E-state index < -0.39 is 11.6 Å². The van der Waals surface area contributed by atoms with E-state index in [4.69, 9.17) is 4.74 Å². The summed E-state index contributed by atoms with van der Waals surface area (Å²) in [4.78, 5) is 12.2. The molecule has 1 aromatic rings. The first-order valence-electron chi connectivity index (χ1n) is 10.2. The highest BCUT2D eigenvalue weighted by molar-refractivity contribution is 5.74. The fraction of sp³-hybridized carbons (Fsp3) is 0.667. The minimum Gasteiger partial charge on any atom is -0.373 e. The third kappa shape index (κ3) is 6.16. The highest BCUT2D eigenvalue weighted by Gasteiger charge is 2.24. The number of carbonyl (C=O) groups is 1. The van der Waals surface area contributed by atoms with Crippen molar-refractivity contribution in [3.05, 3.63) is 35.4 Å². The summed E-state index contributed by atoms with van der Waals surface area (Å²) in [6.07, 6.45) is 10.2. The molecule has 2 saturated carbocycles. The number of benzene rings is 1. The van der Waals surface area contributed by atoms with E-state index >= 15 is 0 Å². The molecule has 0 radical (unpaired) electrons.